The molecular weight excluding hydrogens is 340 g/mol. The number of aromatic nitrogens is 1. The average molecular weight is 358 g/mol. The van der Waals surface area contributed by atoms with Crippen LogP contribution >= 0.6 is 0 Å². The van der Waals surface area contributed by atoms with Gasteiger partial charge in [-0.1, -0.05) is 0 Å². The standard InChI is InChI=1S/C17H18N4O3S/c1-13(14-7-11-19-12-8-14)21-17(22)15-3-5-16(6-4-15)25(23,24)20-10-2-9-18/h3-8,11-13,20H,2,10H2,1H3,(H,21,22). The Morgan fingerprint density at radius 1 is 1.20 bits per heavy atom. The lowest BCUT2D eigenvalue weighted by Gasteiger charge is -2.14. The molecule has 1 heterocycles. The van der Waals surface area contributed by atoms with Gasteiger partial charge in [0.05, 0.1) is 17.0 Å². The number of hydrogen-bond donors (Lipinski definition) is 2. The molecular formula is C17H18N4O3S. The van der Waals surface area contributed by atoms with Crippen LogP contribution in [0.2, 0.25) is 0 Å². The molecule has 0 radical (unpaired) electrons. The first-order valence-electron chi connectivity index (χ1n) is 7.61. The number of pyridine rings is 1. The quantitative estimate of drug-likeness (QED) is 0.733. The van der Waals surface area contributed by atoms with Gasteiger partial charge >= 0.3 is 0 Å². The summed E-state index contributed by atoms with van der Waals surface area (Å²) in [5, 5.41) is 11.3. The predicted octanol–water partition coefficient (Wildman–Crippen LogP) is 1.76. The molecule has 0 aliphatic carbocycles. The van der Waals surface area contributed by atoms with Crippen LogP contribution in [0.3, 0.4) is 0 Å². The van der Waals surface area contributed by atoms with Crippen LogP contribution in [-0.2, 0) is 10.0 Å². The Morgan fingerprint density at radius 2 is 1.84 bits per heavy atom. The van der Waals surface area contributed by atoms with Crippen LogP contribution in [0.1, 0.15) is 35.3 Å². The number of benzene rings is 1. The lowest BCUT2D eigenvalue weighted by atomic mass is 10.1. The van der Waals surface area contributed by atoms with Gasteiger partial charge in [-0.3, -0.25) is 9.78 Å². The monoisotopic (exact) mass is 358 g/mol. The Bertz CT molecular complexity index is 859. The van der Waals surface area contributed by atoms with Crippen molar-refractivity contribution in [1.29, 1.82) is 5.26 Å². The summed E-state index contributed by atoms with van der Waals surface area (Å²) in [4.78, 5) is 16.2. The highest BCUT2D eigenvalue weighted by Gasteiger charge is 2.15. The molecule has 130 valence electrons. The second-order valence-electron chi connectivity index (χ2n) is 5.31. The molecule has 1 aromatic carbocycles. The lowest BCUT2D eigenvalue weighted by molar-refractivity contribution is 0.0939. The van der Waals surface area contributed by atoms with E-state index in [1.165, 1.54) is 24.3 Å². The Labute approximate surface area is 146 Å². The van der Waals surface area contributed by atoms with E-state index in [9.17, 15) is 13.2 Å². The van der Waals surface area contributed by atoms with Gasteiger partial charge in [-0.25, -0.2) is 13.1 Å². The fourth-order valence-corrected chi connectivity index (χ4v) is 3.16. The summed E-state index contributed by atoms with van der Waals surface area (Å²) in [6, 6.07) is 10.9. The number of nitrogens with one attached hydrogen (secondary N) is 2. The molecule has 0 saturated heterocycles. The van der Waals surface area contributed by atoms with Crippen molar-refractivity contribution in [2.45, 2.75) is 24.3 Å². The maximum atomic E-state index is 12.3. The first-order chi connectivity index (χ1) is 11.9. The van der Waals surface area contributed by atoms with Gasteiger partial charge in [-0.15, -0.1) is 0 Å². The number of nitriles is 1. The molecule has 2 rings (SSSR count). The van der Waals surface area contributed by atoms with E-state index in [1.54, 1.807) is 12.4 Å². The van der Waals surface area contributed by atoms with Crippen LogP contribution in [0, 0.1) is 11.3 Å². The average Bonchev–Trinajstić information content (AvgIpc) is 2.62. The van der Waals surface area contributed by atoms with Crippen molar-refractivity contribution in [1.82, 2.24) is 15.0 Å². The summed E-state index contributed by atoms with van der Waals surface area (Å²) >= 11 is 0. The van der Waals surface area contributed by atoms with Crippen LogP contribution < -0.4 is 10.0 Å². The fourth-order valence-electron chi connectivity index (χ4n) is 2.13. The Hall–Kier alpha value is -2.76. The number of sulfonamides is 1. The molecule has 1 aromatic heterocycles. The summed E-state index contributed by atoms with van der Waals surface area (Å²) in [5.74, 6) is -0.300. The van der Waals surface area contributed by atoms with E-state index in [1.807, 2.05) is 25.1 Å². The third-order valence-corrected chi connectivity index (χ3v) is 4.99. The minimum atomic E-state index is -3.68. The number of amides is 1. The molecule has 1 unspecified atom stereocenters. The molecule has 2 N–H and O–H groups in total. The predicted molar refractivity (Wildman–Crippen MR) is 92.0 cm³/mol. The molecule has 0 fully saturated rings. The van der Waals surface area contributed by atoms with Crippen molar-refractivity contribution in [3.05, 3.63) is 59.9 Å². The lowest BCUT2D eigenvalue weighted by Crippen LogP contribution is -2.27. The van der Waals surface area contributed by atoms with Crippen molar-refractivity contribution in [3.63, 3.8) is 0 Å². The molecule has 1 amide bonds. The maximum Gasteiger partial charge on any atom is 0.251 e. The van der Waals surface area contributed by atoms with Gasteiger partial charge in [0.15, 0.2) is 0 Å². The van der Waals surface area contributed by atoms with E-state index in [2.05, 4.69) is 15.0 Å². The molecule has 0 aliphatic heterocycles. The van der Waals surface area contributed by atoms with Crippen molar-refractivity contribution in [2.24, 2.45) is 0 Å². The second kappa shape index (κ2) is 8.37. The van der Waals surface area contributed by atoms with Crippen molar-refractivity contribution in [2.75, 3.05) is 6.54 Å². The van der Waals surface area contributed by atoms with Gasteiger partial charge in [0, 0.05) is 30.9 Å². The number of nitrogens with zero attached hydrogens (tertiary/aromatic N) is 2. The topological polar surface area (TPSA) is 112 Å². The summed E-state index contributed by atoms with van der Waals surface area (Å²) in [7, 11) is -3.68. The molecule has 25 heavy (non-hydrogen) atoms. The fraction of sp³-hybridized carbons (Fsp3) is 0.235. The molecule has 0 spiro atoms. The van der Waals surface area contributed by atoms with E-state index in [4.69, 9.17) is 5.26 Å². The van der Waals surface area contributed by atoms with Gasteiger partial charge in [0.1, 0.15) is 0 Å². The largest absolute Gasteiger partial charge is 0.346 e. The highest BCUT2D eigenvalue weighted by atomic mass is 32.2. The van der Waals surface area contributed by atoms with Crippen LogP contribution in [0.25, 0.3) is 0 Å². The summed E-state index contributed by atoms with van der Waals surface area (Å²) in [6.07, 6.45) is 3.39. The van der Waals surface area contributed by atoms with Gasteiger partial charge < -0.3 is 5.32 Å². The van der Waals surface area contributed by atoms with Gasteiger partial charge in [0.25, 0.3) is 5.91 Å². The van der Waals surface area contributed by atoms with E-state index in [-0.39, 0.29) is 29.8 Å². The van der Waals surface area contributed by atoms with E-state index >= 15 is 0 Å². The Morgan fingerprint density at radius 3 is 2.44 bits per heavy atom. The van der Waals surface area contributed by atoms with E-state index in [0.29, 0.717) is 5.56 Å². The number of carbonyl (C=O) groups is 1. The smallest absolute Gasteiger partial charge is 0.251 e. The number of rotatable bonds is 7. The van der Waals surface area contributed by atoms with Gasteiger partial charge in [-0.2, -0.15) is 5.26 Å². The Kier molecular flexibility index (Phi) is 6.22. The van der Waals surface area contributed by atoms with Crippen molar-refractivity contribution >= 4 is 15.9 Å². The molecule has 7 nitrogen and oxygen atoms in total. The highest BCUT2D eigenvalue weighted by molar-refractivity contribution is 7.89. The molecule has 8 heteroatoms. The van der Waals surface area contributed by atoms with Gasteiger partial charge in [-0.05, 0) is 48.9 Å². The van der Waals surface area contributed by atoms with Crippen LogP contribution in [0.15, 0.2) is 53.7 Å². The second-order valence-corrected chi connectivity index (χ2v) is 7.07. The zero-order valence-electron chi connectivity index (χ0n) is 13.6. The van der Waals surface area contributed by atoms with E-state index in [0.717, 1.165) is 5.56 Å². The third kappa shape index (κ3) is 5.11. The van der Waals surface area contributed by atoms with Crippen LogP contribution in [0.5, 0.6) is 0 Å². The zero-order chi connectivity index (χ0) is 18.3. The van der Waals surface area contributed by atoms with Crippen LogP contribution in [0.4, 0.5) is 0 Å². The van der Waals surface area contributed by atoms with Gasteiger partial charge in [0.2, 0.25) is 10.0 Å². The molecule has 1 atom stereocenters. The third-order valence-electron chi connectivity index (χ3n) is 3.51. The SMILES string of the molecule is CC(NC(=O)c1ccc(S(=O)(=O)NCCC#N)cc1)c1ccncc1. The first-order valence-corrected chi connectivity index (χ1v) is 9.10. The molecule has 0 bridgehead atoms. The molecule has 0 saturated carbocycles. The number of hydrogen-bond acceptors (Lipinski definition) is 5. The minimum Gasteiger partial charge on any atom is -0.346 e. The van der Waals surface area contributed by atoms with Crippen LogP contribution in [-0.4, -0.2) is 25.9 Å². The molecule has 2 aromatic rings. The molecule has 0 aliphatic rings. The maximum absolute atomic E-state index is 12.3. The Balaban J connectivity index is 2.04. The summed E-state index contributed by atoms with van der Waals surface area (Å²) < 4.78 is 26.4. The number of carbonyl (C=O) groups excluding carboxylic acids is 1. The van der Waals surface area contributed by atoms with E-state index < -0.39 is 10.0 Å². The minimum absolute atomic E-state index is 0.0455. The first kappa shape index (κ1) is 18.6. The highest BCUT2D eigenvalue weighted by Crippen LogP contribution is 2.14. The normalized spacial score (nSPS) is 12.2. The van der Waals surface area contributed by atoms with Crippen molar-refractivity contribution < 1.29 is 13.2 Å². The zero-order valence-corrected chi connectivity index (χ0v) is 14.5. The summed E-state index contributed by atoms with van der Waals surface area (Å²) in [5.41, 5.74) is 1.28. The van der Waals surface area contributed by atoms with Crippen molar-refractivity contribution in [3.8, 4) is 6.07 Å². The summed E-state index contributed by atoms with van der Waals surface area (Å²) in [6.45, 7) is 1.90.